The highest BCUT2D eigenvalue weighted by molar-refractivity contribution is 6.39. The van der Waals surface area contributed by atoms with Crippen molar-refractivity contribution in [2.24, 2.45) is 11.0 Å². The van der Waals surface area contributed by atoms with Gasteiger partial charge < -0.3 is 5.32 Å². The second kappa shape index (κ2) is 7.73. The molecule has 2 N–H and O–H groups in total. The third-order valence-electron chi connectivity index (χ3n) is 4.16. The summed E-state index contributed by atoms with van der Waals surface area (Å²) in [5.74, 6) is -1.03. The minimum Gasteiger partial charge on any atom is -0.317 e. The van der Waals surface area contributed by atoms with E-state index < -0.39 is 11.8 Å². The summed E-state index contributed by atoms with van der Waals surface area (Å²) in [5, 5.41) is 6.53. The van der Waals surface area contributed by atoms with Gasteiger partial charge in [0.05, 0.1) is 0 Å². The van der Waals surface area contributed by atoms with E-state index in [2.05, 4.69) is 15.8 Å². The van der Waals surface area contributed by atoms with Crippen LogP contribution in [0.15, 0.2) is 23.3 Å². The summed E-state index contributed by atoms with van der Waals surface area (Å²) in [5.41, 5.74) is 4.97. The number of anilines is 1. The van der Waals surface area contributed by atoms with E-state index in [1.165, 1.54) is 19.3 Å². The molecule has 1 aromatic rings. The number of benzene rings is 1. The number of carbonyl (C=O) groups excluding carboxylic acids is 2. The van der Waals surface area contributed by atoms with Gasteiger partial charge in [-0.05, 0) is 49.8 Å². The predicted octanol–water partition coefficient (Wildman–Crippen LogP) is 2.92. The van der Waals surface area contributed by atoms with Crippen molar-refractivity contribution >= 4 is 23.7 Å². The SMILES string of the molecule is Cc1cccc(NC(=O)C(=O)N/N=C\C2CCCCC2)c1C. The number of hydrogen-bond acceptors (Lipinski definition) is 3. The van der Waals surface area contributed by atoms with Crippen LogP contribution in [0.3, 0.4) is 0 Å². The molecule has 1 fully saturated rings. The molecule has 0 bridgehead atoms. The highest BCUT2D eigenvalue weighted by Crippen LogP contribution is 2.21. The first-order chi connectivity index (χ1) is 10.6. The number of rotatable bonds is 3. The monoisotopic (exact) mass is 301 g/mol. The van der Waals surface area contributed by atoms with Crippen molar-refractivity contribution in [2.45, 2.75) is 46.0 Å². The highest BCUT2D eigenvalue weighted by atomic mass is 16.2. The Hall–Kier alpha value is -2.17. The molecule has 1 saturated carbocycles. The molecule has 1 aliphatic carbocycles. The number of aryl methyl sites for hydroxylation is 1. The van der Waals surface area contributed by atoms with Gasteiger partial charge in [0.15, 0.2) is 0 Å². The van der Waals surface area contributed by atoms with Gasteiger partial charge in [-0.2, -0.15) is 5.10 Å². The zero-order valence-electron chi connectivity index (χ0n) is 13.2. The Balaban J connectivity index is 1.85. The molecule has 1 aromatic carbocycles. The van der Waals surface area contributed by atoms with Crippen molar-refractivity contribution in [1.82, 2.24) is 5.43 Å². The van der Waals surface area contributed by atoms with Gasteiger partial charge in [-0.15, -0.1) is 0 Å². The minimum atomic E-state index is -0.743. The topological polar surface area (TPSA) is 70.6 Å². The van der Waals surface area contributed by atoms with E-state index in [4.69, 9.17) is 0 Å². The van der Waals surface area contributed by atoms with Gasteiger partial charge in [-0.3, -0.25) is 9.59 Å². The lowest BCUT2D eigenvalue weighted by atomic mass is 9.90. The van der Waals surface area contributed by atoms with Gasteiger partial charge in [-0.1, -0.05) is 31.4 Å². The number of carbonyl (C=O) groups is 2. The van der Waals surface area contributed by atoms with Crippen LogP contribution in [-0.4, -0.2) is 18.0 Å². The molecule has 0 aliphatic heterocycles. The minimum absolute atomic E-state index is 0.413. The Morgan fingerprint density at radius 3 is 2.59 bits per heavy atom. The normalized spacial score (nSPS) is 15.7. The number of amides is 2. The van der Waals surface area contributed by atoms with E-state index >= 15 is 0 Å². The van der Waals surface area contributed by atoms with Crippen LogP contribution in [0.25, 0.3) is 0 Å². The fourth-order valence-corrected chi connectivity index (χ4v) is 2.60. The van der Waals surface area contributed by atoms with E-state index in [0.717, 1.165) is 24.0 Å². The smallest absolute Gasteiger partial charge is 0.317 e. The standard InChI is InChI=1S/C17H23N3O2/c1-12-7-6-10-15(13(12)2)19-16(21)17(22)20-18-11-14-8-4-3-5-9-14/h6-7,10-11,14H,3-5,8-9H2,1-2H3,(H,19,21)(H,20,22)/b18-11-. The van der Waals surface area contributed by atoms with Gasteiger partial charge >= 0.3 is 11.8 Å². The molecule has 0 unspecified atom stereocenters. The highest BCUT2D eigenvalue weighted by Gasteiger charge is 2.15. The Bertz CT molecular complexity index is 575. The Morgan fingerprint density at radius 1 is 1.14 bits per heavy atom. The van der Waals surface area contributed by atoms with Crippen LogP contribution in [-0.2, 0) is 9.59 Å². The second-order valence-electron chi connectivity index (χ2n) is 5.82. The van der Waals surface area contributed by atoms with Gasteiger partial charge in [0.1, 0.15) is 0 Å². The Morgan fingerprint density at radius 2 is 1.86 bits per heavy atom. The number of nitrogens with one attached hydrogen (secondary N) is 2. The zero-order chi connectivity index (χ0) is 15.9. The summed E-state index contributed by atoms with van der Waals surface area (Å²) in [6.45, 7) is 3.86. The van der Waals surface area contributed by atoms with Crippen LogP contribution in [0.2, 0.25) is 0 Å². The molecule has 2 amide bonds. The molecule has 0 radical (unpaired) electrons. The van der Waals surface area contributed by atoms with Crippen LogP contribution in [0.1, 0.15) is 43.2 Å². The molecular formula is C17H23N3O2. The molecule has 0 spiro atoms. The third kappa shape index (κ3) is 4.41. The lowest BCUT2D eigenvalue weighted by molar-refractivity contribution is -0.136. The molecule has 118 valence electrons. The van der Waals surface area contributed by atoms with Crippen molar-refractivity contribution in [3.8, 4) is 0 Å². The van der Waals surface area contributed by atoms with Gasteiger partial charge in [0.25, 0.3) is 0 Å². The molecule has 22 heavy (non-hydrogen) atoms. The molecule has 0 atom stereocenters. The van der Waals surface area contributed by atoms with Gasteiger partial charge in [0, 0.05) is 11.9 Å². The number of hydrazone groups is 1. The van der Waals surface area contributed by atoms with E-state index in [-0.39, 0.29) is 0 Å². The van der Waals surface area contributed by atoms with E-state index in [1.807, 2.05) is 26.0 Å². The maximum Gasteiger partial charge on any atom is 0.329 e. The lowest BCUT2D eigenvalue weighted by Crippen LogP contribution is -2.32. The molecule has 5 nitrogen and oxygen atoms in total. The summed E-state index contributed by atoms with van der Waals surface area (Å²) in [6, 6.07) is 5.58. The van der Waals surface area contributed by atoms with Gasteiger partial charge in [0.2, 0.25) is 0 Å². The molecule has 5 heteroatoms. The largest absolute Gasteiger partial charge is 0.329 e. The number of hydrogen-bond donors (Lipinski definition) is 2. The fraction of sp³-hybridized carbons (Fsp3) is 0.471. The van der Waals surface area contributed by atoms with Crippen LogP contribution in [0.4, 0.5) is 5.69 Å². The average Bonchev–Trinajstić information content (AvgIpc) is 2.52. The van der Waals surface area contributed by atoms with Crippen LogP contribution in [0.5, 0.6) is 0 Å². The van der Waals surface area contributed by atoms with Crippen LogP contribution in [0, 0.1) is 19.8 Å². The quantitative estimate of drug-likeness (QED) is 0.512. The summed E-state index contributed by atoms with van der Waals surface area (Å²) in [7, 11) is 0. The summed E-state index contributed by atoms with van der Waals surface area (Å²) < 4.78 is 0. The van der Waals surface area contributed by atoms with Crippen LogP contribution < -0.4 is 10.7 Å². The summed E-state index contributed by atoms with van der Waals surface area (Å²) in [6.07, 6.45) is 7.65. The van der Waals surface area contributed by atoms with Crippen molar-refractivity contribution in [3.63, 3.8) is 0 Å². The summed E-state index contributed by atoms with van der Waals surface area (Å²) >= 11 is 0. The lowest BCUT2D eigenvalue weighted by Gasteiger charge is -2.16. The predicted molar refractivity (Wildman–Crippen MR) is 87.8 cm³/mol. The second-order valence-corrected chi connectivity index (χ2v) is 5.82. The zero-order valence-corrected chi connectivity index (χ0v) is 13.2. The molecule has 0 saturated heterocycles. The average molecular weight is 301 g/mol. The first-order valence-corrected chi connectivity index (χ1v) is 7.78. The van der Waals surface area contributed by atoms with Gasteiger partial charge in [-0.25, -0.2) is 5.43 Å². The molecule has 1 aliphatic rings. The maximum absolute atomic E-state index is 11.9. The van der Waals surface area contributed by atoms with Crippen molar-refractivity contribution in [1.29, 1.82) is 0 Å². The number of nitrogens with zero attached hydrogens (tertiary/aromatic N) is 1. The van der Waals surface area contributed by atoms with Crippen molar-refractivity contribution < 1.29 is 9.59 Å². The molecule has 0 aromatic heterocycles. The first-order valence-electron chi connectivity index (χ1n) is 7.78. The van der Waals surface area contributed by atoms with Crippen LogP contribution >= 0.6 is 0 Å². The molecule has 2 rings (SSSR count). The van der Waals surface area contributed by atoms with E-state index in [1.54, 1.807) is 12.3 Å². The maximum atomic E-state index is 11.9. The van der Waals surface area contributed by atoms with Crippen molar-refractivity contribution in [3.05, 3.63) is 29.3 Å². The molecular weight excluding hydrogens is 278 g/mol. The van der Waals surface area contributed by atoms with E-state index in [9.17, 15) is 9.59 Å². The summed E-state index contributed by atoms with van der Waals surface area (Å²) in [4.78, 5) is 23.6. The Kier molecular flexibility index (Phi) is 5.69. The van der Waals surface area contributed by atoms with Crippen molar-refractivity contribution in [2.75, 3.05) is 5.32 Å². The fourth-order valence-electron chi connectivity index (χ4n) is 2.60. The first kappa shape index (κ1) is 16.2. The van der Waals surface area contributed by atoms with E-state index in [0.29, 0.717) is 11.6 Å². The Labute approximate surface area is 131 Å². The molecule has 0 heterocycles. The third-order valence-corrected chi connectivity index (χ3v) is 4.16.